The van der Waals surface area contributed by atoms with Crippen molar-refractivity contribution in [2.75, 3.05) is 5.32 Å². The van der Waals surface area contributed by atoms with Gasteiger partial charge in [0, 0.05) is 48.7 Å². The summed E-state index contributed by atoms with van der Waals surface area (Å²) < 4.78 is 1.51. The van der Waals surface area contributed by atoms with Crippen molar-refractivity contribution in [3.8, 4) is 0 Å². The topological polar surface area (TPSA) is 93.1 Å². The molecule has 4 aromatic rings. The molecule has 0 bridgehead atoms. The van der Waals surface area contributed by atoms with Crippen LogP contribution in [-0.2, 0) is 13.6 Å². The minimum absolute atomic E-state index is 0.241. The van der Waals surface area contributed by atoms with Crippen molar-refractivity contribution in [3.63, 3.8) is 0 Å². The maximum absolute atomic E-state index is 12.8. The zero-order valence-corrected chi connectivity index (χ0v) is 16.8. The molecule has 7 heteroatoms. The number of fused-ring (bicyclic) bond motifs is 1. The zero-order chi connectivity index (χ0) is 21.8. The van der Waals surface area contributed by atoms with E-state index in [0.717, 1.165) is 5.56 Å². The van der Waals surface area contributed by atoms with Gasteiger partial charge < -0.3 is 15.2 Å². The van der Waals surface area contributed by atoms with Gasteiger partial charge in [0.1, 0.15) is 0 Å². The van der Waals surface area contributed by atoms with Crippen LogP contribution in [0, 0.1) is 0 Å². The van der Waals surface area contributed by atoms with Gasteiger partial charge in [-0.1, -0.05) is 30.3 Å². The summed E-state index contributed by atoms with van der Waals surface area (Å²) in [5.41, 5.74) is 2.72. The van der Waals surface area contributed by atoms with E-state index in [1.165, 1.54) is 10.6 Å². The largest absolute Gasteiger partial charge is 0.348 e. The molecule has 0 saturated heterocycles. The number of pyridine rings is 2. The summed E-state index contributed by atoms with van der Waals surface area (Å²) in [5, 5.41) is 6.40. The third-order valence-corrected chi connectivity index (χ3v) is 4.98. The summed E-state index contributed by atoms with van der Waals surface area (Å²) in [6, 6.07) is 19.1. The number of carbonyl (C=O) groups is 2. The van der Waals surface area contributed by atoms with Gasteiger partial charge in [-0.3, -0.25) is 19.4 Å². The fourth-order valence-corrected chi connectivity index (χ4v) is 3.34. The molecule has 2 aromatic carbocycles. The van der Waals surface area contributed by atoms with Crippen molar-refractivity contribution in [1.82, 2.24) is 14.9 Å². The quantitative estimate of drug-likeness (QED) is 0.527. The van der Waals surface area contributed by atoms with Crippen LogP contribution >= 0.6 is 0 Å². The summed E-state index contributed by atoms with van der Waals surface area (Å²) in [6.07, 6.45) is 3.11. The number of aryl methyl sites for hydroxylation is 1. The first-order chi connectivity index (χ1) is 15.0. The van der Waals surface area contributed by atoms with Crippen molar-refractivity contribution in [1.29, 1.82) is 0 Å². The lowest BCUT2D eigenvalue weighted by molar-refractivity contribution is 0.0951. The van der Waals surface area contributed by atoms with Crippen LogP contribution in [0.15, 0.2) is 83.9 Å². The first-order valence-electron chi connectivity index (χ1n) is 9.70. The Kier molecular flexibility index (Phi) is 5.57. The third-order valence-electron chi connectivity index (χ3n) is 4.98. The van der Waals surface area contributed by atoms with Crippen molar-refractivity contribution in [3.05, 3.63) is 106 Å². The second-order valence-corrected chi connectivity index (χ2v) is 7.05. The predicted molar refractivity (Wildman–Crippen MR) is 119 cm³/mol. The van der Waals surface area contributed by atoms with Crippen LogP contribution in [0.3, 0.4) is 0 Å². The minimum atomic E-state index is -0.333. The highest BCUT2D eigenvalue weighted by atomic mass is 16.2. The number of hydrogen-bond donors (Lipinski definition) is 2. The van der Waals surface area contributed by atoms with Crippen LogP contribution in [0.5, 0.6) is 0 Å². The first-order valence-corrected chi connectivity index (χ1v) is 9.70. The molecular weight excluding hydrogens is 392 g/mol. The Balaban J connectivity index is 1.49. The summed E-state index contributed by atoms with van der Waals surface area (Å²) in [7, 11) is 1.68. The molecular formula is C24H20N4O3. The molecule has 2 amide bonds. The van der Waals surface area contributed by atoms with E-state index in [0.29, 0.717) is 27.7 Å². The van der Waals surface area contributed by atoms with Gasteiger partial charge in [-0.15, -0.1) is 0 Å². The number of nitrogens with one attached hydrogen (secondary N) is 2. The van der Waals surface area contributed by atoms with Gasteiger partial charge >= 0.3 is 0 Å². The molecule has 31 heavy (non-hydrogen) atoms. The molecule has 2 aromatic heterocycles. The lowest BCUT2D eigenvalue weighted by Crippen LogP contribution is -2.26. The Labute approximate surface area is 178 Å². The number of para-hydroxylation sites is 1. The lowest BCUT2D eigenvalue weighted by Gasteiger charge is -2.11. The van der Waals surface area contributed by atoms with Crippen LogP contribution in [0.2, 0.25) is 0 Å². The third kappa shape index (κ3) is 4.35. The van der Waals surface area contributed by atoms with Gasteiger partial charge in [-0.25, -0.2) is 0 Å². The predicted octanol–water partition coefficient (Wildman–Crippen LogP) is 3.12. The molecule has 0 fully saturated rings. The van der Waals surface area contributed by atoms with Crippen LogP contribution in [-0.4, -0.2) is 21.4 Å². The molecule has 0 radical (unpaired) electrons. The Hall–Kier alpha value is -4.26. The monoisotopic (exact) mass is 412 g/mol. The summed E-state index contributed by atoms with van der Waals surface area (Å²) in [5.74, 6) is -0.574. The highest BCUT2D eigenvalue weighted by Crippen LogP contribution is 2.17. The zero-order valence-electron chi connectivity index (χ0n) is 16.8. The molecule has 154 valence electrons. The fourth-order valence-electron chi connectivity index (χ4n) is 3.34. The van der Waals surface area contributed by atoms with Crippen molar-refractivity contribution in [2.45, 2.75) is 6.54 Å². The molecule has 0 saturated carbocycles. The molecule has 7 nitrogen and oxygen atoms in total. The van der Waals surface area contributed by atoms with Crippen LogP contribution in [0.25, 0.3) is 10.9 Å². The number of rotatable bonds is 5. The molecule has 0 aliphatic carbocycles. The van der Waals surface area contributed by atoms with E-state index >= 15 is 0 Å². The Bertz CT molecular complexity index is 1330. The van der Waals surface area contributed by atoms with Gasteiger partial charge in [-0.05, 0) is 35.9 Å². The highest BCUT2D eigenvalue weighted by molar-refractivity contribution is 6.06. The van der Waals surface area contributed by atoms with Crippen LogP contribution in [0.4, 0.5) is 5.69 Å². The molecule has 0 atom stereocenters. The first kappa shape index (κ1) is 20.0. The summed E-state index contributed by atoms with van der Waals surface area (Å²) in [4.78, 5) is 41.3. The number of anilines is 1. The van der Waals surface area contributed by atoms with E-state index in [4.69, 9.17) is 0 Å². The van der Waals surface area contributed by atoms with Gasteiger partial charge in [0.05, 0.1) is 11.1 Å². The van der Waals surface area contributed by atoms with E-state index < -0.39 is 0 Å². The van der Waals surface area contributed by atoms with Gasteiger partial charge in [0.2, 0.25) is 0 Å². The number of carbonyl (C=O) groups excluding carboxylic acids is 2. The normalized spacial score (nSPS) is 10.6. The van der Waals surface area contributed by atoms with Crippen LogP contribution < -0.4 is 16.2 Å². The number of aromatic nitrogens is 2. The van der Waals surface area contributed by atoms with Crippen LogP contribution in [0.1, 0.15) is 26.3 Å². The Morgan fingerprint density at radius 2 is 1.71 bits per heavy atom. The molecule has 0 spiro atoms. The lowest BCUT2D eigenvalue weighted by atomic mass is 10.1. The molecule has 0 aliphatic heterocycles. The smallest absolute Gasteiger partial charge is 0.255 e. The molecule has 2 N–H and O–H groups in total. The van der Waals surface area contributed by atoms with Gasteiger partial charge in [-0.2, -0.15) is 0 Å². The average molecular weight is 412 g/mol. The van der Waals surface area contributed by atoms with Crippen molar-refractivity contribution in [2.24, 2.45) is 7.05 Å². The van der Waals surface area contributed by atoms with Crippen molar-refractivity contribution >= 4 is 28.4 Å². The fraction of sp³-hybridized carbons (Fsp3) is 0.0833. The average Bonchev–Trinajstić information content (AvgIpc) is 2.80. The highest BCUT2D eigenvalue weighted by Gasteiger charge is 2.13. The molecule has 2 heterocycles. The van der Waals surface area contributed by atoms with E-state index in [2.05, 4.69) is 15.6 Å². The number of amides is 2. The Morgan fingerprint density at radius 3 is 2.52 bits per heavy atom. The summed E-state index contributed by atoms with van der Waals surface area (Å²) >= 11 is 0. The minimum Gasteiger partial charge on any atom is -0.348 e. The van der Waals surface area contributed by atoms with E-state index in [9.17, 15) is 14.4 Å². The molecule has 0 unspecified atom stereocenters. The van der Waals surface area contributed by atoms with Gasteiger partial charge in [0.25, 0.3) is 17.4 Å². The SMILES string of the molecule is Cn1c(=O)cc(C(=O)NCc2cccc(NC(=O)c3ccncc3)c2)c2ccccc21. The maximum Gasteiger partial charge on any atom is 0.255 e. The van der Waals surface area contributed by atoms with E-state index in [1.807, 2.05) is 30.3 Å². The summed E-state index contributed by atoms with van der Waals surface area (Å²) in [6.45, 7) is 0.251. The number of benzene rings is 2. The molecule has 0 aliphatic rings. The van der Waals surface area contributed by atoms with Crippen molar-refractivity contribution < 1.29 is 9.59 Å². The number of hydrogen-bond acceptors (Lipinski definition) is 4. The standard InChI is InChI=1S/C24H20N4O3/c1-28-21-8-3-2-7-19(21)20(14-22(28)29)24(31)26-15-16-5-4-6-18(13-16)27-23(30)17-9-11-25-12-10-17/h2-14H,15H2,1H3,(H,26,31)(H,27,30). The van der Waals surface area contributed by atoms with Gasteiger partial charge in [0.15, 0.2) is 0 Å². The van der Waals surface area contributed by atoms with E-state index in [-0.39, 0.29) is 23.9 Å². The molecule has 4 rings (SSSR count). The Morgan fingerprint density at radius 1 is 0.935 bits per heavy atom. The second-order valence-electron chi connectivity index (χ2n) is 7.05. The maximum atomic E-state index is 12.8. The number of nitrogens with zero attached hydrogens (tertiary/aromatic N) is 2. The van der Waals surface area contributed by atoms with E-state index in [1.54, 1.807) is 49.8 Å². The second kappa shape index (κ2) is 8.62.